The van der Waals surface area contributed by atoms with Crippen molar-refractivity contribution in [1.82, 2.24) is 14.9 Å². The fraction of sp³-hybridized carbons (Fsp3) is 0.750. The SMILES string of the molecule is CCOc1cc(NCCCCN(CC)CC)nc(COC)n1. The van der Waals surface area contributed by atoms with Gasteiger partial charge in [-0.3, -0.25) is 0 Å². The number of ether oxygens (including phenoxy) is 2. The summed E-state index contributed by atoms with van der Waals surface area (Å²) in [4.78, 5) is 11.2. The van der Waals surface area contributed by atoms with E-state index in [2.05, 4.69) is 34.0 Å². The van der Waals surface area contributed by atoms with E-state index in [9.17, 15) is 0 Å². The first-order valence-electron chi connectivity index (χ1n) is 8.19. The lowest BCUT2D eigenvalue weighted by atomic mass is 10.3. The molecular formula is C16H30N4O2. The Morgan fingerprint density at radius 3 is 2.55 bits per heavy atom. The summed E-state index contributed by atoms with van der Waals surface area (Å²) in [6, 6.07) is 1.84. The van der Waals surface area contributed by atoms with E-state index in [1.54, 1.807) is 7.11 Å². The van der Waals surface area contributed by atoms with E-state index in [4.69, 9.17) is 9.47 Å². The molecule has 126 valence electrons. The second kappa shape index (κ2) is 11.2. The number of hydrogen-bond acceptors (Lipinski definition) is 6. The molecule has 0 aromatic carbocycles. The molecule has 6 heteroatoms. The van der Waals surface area contributed by atoms with E-state index in [0.29, 0.717) is 24.9 Å². The summed E-state index contributed by atoms with van der Waals surface area (Å²) in [7, 11) is 1.64. The minimum Gasteiger partial charge on any atom is -0.478 e. The minimum absolute atomic E-state index is 0.386. The van der Waals surface area contributed by atoms with E-state index in [-0.39, 0.29) is 0 Å². The standard InChI is InChI=1S/C16H30N4O2/c1-5-20(6-2)11-9-8-10-17-14-12-16(22-7-3)19-15(18-14)13-21-4/h12H,5-11,13H2,1-4H3,(H,17,18,19). The molecule has 1 rings (SSSR count). The van der Waals surface area contributed by atoms with Crippen LogP contribution in [0.4, 0.5) is 5.82 Å². The fourth-order valence-electron chi connectivity index (χ4n) is 2.20. The van der Waals surface area contributed by atoms with Gasteiger partial charge in [0.25, 0.3) is 0 Å². The zero-order valence-electron chi connectivity index (χ0n) is 14.4. The molecule has 1 heterocycles. The van der Waals surface area contributed by atoms with Gasteiger partial charge in [-0.1, -0.05) is 13.8 Å². The molecule has 1 N–H and O–H groups in total. The molecule has 0 atom stereocenters. The number of nitrogens with zero attached hydrogens (tertiary/aromatic N) is 3. The van der Waals surface area contributed by atoms with Crippen LogP contribution in [0.1, 0.15) is 39.4 Å². The first-order chi connectivity index (χ1) is 10.7. The van der Waals surface area contributed by atoms with Crippen LogP contribution >= 0.6 is 0 Å². The van der Waals surface area contributed by atoms with Gasteiger partial charge in [-0.25, -0.2) is 4.98 Å². The number of methoxy groups -OCH3 is 1. The highest BCUT2D eigenvalue weighted by Gasteiger charge is 2.05. The second-order valence-corrected chi connectivity index (χ2v) is 5.03. The van der Waals surface area contributed by atoms with Crippen molar-refractivity contribution in [2.75, 3.05) is 45.2 Å². The van der Waals surface area contributed by atoms with Gasteiger partial charge in [0.1, 0.15) is 12.4 Å². The van der Waals surface area contributed by atoms with Crippen LogP contribution in [0, 0.1) is 0 Å². The van der Waals surface area contributed by atoms with Gasteiger partial charge in [0.2, 0.25) is 5.88 Å². The van der Waals surface area contributed by atoms with Gasteiger partial charge >= 0.3 is 0 Å². The molecule has 22 heavy (non-hydrogen) atoms. The molecule has 1 aromatic rings. The average molecular weight is 310 g/mol. The molecule has 0 aliphatic carbocycles. The molecule has 0 radical (unpaired) electrons. The number of hydrogen-bond donors (Lipinski definition) is 1. The summed E-state index contributed by atoms with van der Waals surface area (Å²) in [5.41, 5.74) is 0. The Balaban J connectivity index is 2.43. The van der Waals surface area contributed by atoms with Crippen LogP contribution in [0.2, 0.25) is 0 Å². The molecule has 0 unspecified atom stereocenters. The van der Waals surface area contributed by atoms with Crippen molar-refractivity contribution in [1.29, 1.82) is 0 Å². The molecule has 0 saturated carbocycles. The Hall–Kier alpha value is -1.40. The Morgan fingerprint density at radius 2 is 1.91 bits per heavy atom. The van der Waals surface area contributed by atoms with Gasteiger partial charge in [-0.05, 0) is 39.4 Å². The summed E-state index contributed by atoms with van der Waals surface area (Å²) >= 11 is 0. The third-order valence-corrected chi connectivity index (χ3v) is 3.42. The summed E-state index contributed by atoms with van der Waals surface area (Å²) in [5.74, 6) is 2.03. The molecule has 1 aromatic heterocycles. The monoisotopic (exact) mass is 310 g/mol. The largest absolute Gasteiger partial charge is 0.478 e. The number of unbranched alkanes of at least 4 members (excludes halogenated alkanes) is 1. The van der Waals surface area contributed by atoms with E-state index in [1.165, 1.54) is 6.42 Å². The van der Waals surface area contributed by atoms with Crippen molar-refractivity contribution in [3.8, 4) is 5.88 Å². The Kier molecular flexibility index (Phi) is 9.50. The van der Waals surface area contributed by atoms with Crippen LogP contribution in [0.25, 0.3) is 0 Å². The van der Waals surface area contributed by atoms with Gasteiger partial charge in [0, 0.05) is 19.7 Å². The fourth-order valence-corrected chi connectivity index (χ4v) is 2.20. The van der Waals surface area contributed by atoms with E-state index < -0.39 is 0 Å². The normalized spacial score (nSPS) is 11.0. The van der Waals surface area contributed by atoms with Crippen molar-refractivity contribution in [3.05, 3.63) is 11.9 Å². The van der Waals surface area contributed by atoms with Crippen LogP contribution in [0.15, 0.2) is 6.07 Å². The molecule has 0 bridgehead atoms. The summed E-state index contributed by atoms with van der Waals surface area (Å²) in [6.45, 7) is 11.6. The summed E-state index contributed by atoms with van der Waals surface area (Å²) in [5, 5.41) is 3.35. The lowest BCUT2D eigenvalue weighted by molar-refractivity contribution is 0.176. The van der Waals surface area contributed by atoms with Gasteiger partial charge in [-0.2, -0.15) is 4.98 Å². The molecule has 0 aliphatic rings. The van der Waals surface area contributed by atoms with Crippen LogP contribution < -0.4 is 10.1 Å². The minimum atomic E-state index is 0.386. The first-order valence-corrected chi connectivity index (χ1v) is 8.19. The summed E-state index contributed by atoms with van der Waals surface area (Å²) < 4.78 is 10.6. The lowest BCUT2D eigenvalue weighted by Gasteiger charge is -2.17. The Labute approximate surface area is 134 Å². The quantitative estimate of drug-likeness (QED) is 0.599. The molecule has 0 saturated heterocycles. The van der Waals surface area contributed by atoms with Crippen molar-refractivity contribution in [2.45, 2.75) is 40.2 Å². The van der Waals surface area contributed by atoms with Crippen molar-refractivity contribution < 1.29 is 9.47 Å². The van der Waals surface area contributed by atoms with Crippen molar-refractivity contribution >= 4 is 5.82 Å². The zero-order valence-corrected chi connectivity index (χ0v) is 14.4. The van der Waals surface area contributed by atoms with Crippen LogP contribution in [-0.2, 0) is 11.3 Å². The van der Waals surface area contributed by atoms with Crippen molar-refractivity contribution in [3.63, 3.8) is 0 Å². The Morgan fingerprint density at radius 1 is 1.14 bits per heavy atom. The summed E-state index contributed by atoms with van der Waals surface area (Å²) in [6.07, 6.45) is 2.30. The molecule has 6 nitrogen and oxygen atoms in total. The van der Waals surface area contributed by atoms with Gasteiger partial charge < -0.3 is 19.7 Å². The second-order valence-electron chi connectivity index (χ2n) is 5.03. The molecule has 0 amide bonds. The van der Waals surface area contributed by atoms with E-state index in [1.807, 2.05) is 13.0 Å². The molecule has 0 aliphatic heterocycles. The number of nitrogens with one attached hydrogen (secondary N) is 1. The zero-order chi connectivity index (χ0) is 16.2. The van der Waals surface area contributed by atoms with E-state index >= 15 is 0 Å². The molecule has 0 spiro atoms. The van der Waals surface area contributed by atoms with Crippen molar-refractivity contribution in [2.24, 2.45) is 0 Å². The van der Waals surface area contributed by atoms with Gasteiger partial charge in [-0.15, -0.1) is 0 Å². The maximum Gasteiger partial charge on any atom is 0.218 e. The highest BCUT2D eigenvalue weighted by Crippen LogP contribution is 2.14. The Bertz CT molecular complexity index is 387. The predicted molar refractivity (Wildman–Crippen MR) is 89.4 cm³/mol. The van der Waals surface area contributed by atoms with Gasteiger partial charge in [0.05, 0.1) is 6.61 Å². The van der Waals surface area contributed by atoms with E-state index in [0.717, 1.165) is 38.4 Å². The van der Waals surface area contributed by atoms with Crippen LogP contribution in [0.3, 0.4) is 0 Å². The van der Waals surface area contributed by atoms with Gasteiger partial charge in [0.15, 0.2) is 5.82 Å². The number of aromatic nitrogens is 2. The average Bonchev–Trinajstić information content (AvgIpc) is 2.51. The highest BCUT2D eigenvalue weighted by molar-refractivity contribution is 5.38. The first kappa shape index (κ1) is 18.6. The topological polar surface area (TPSA) is 59.5 Å². The number of rotatable bonds is 12. The van der Waals surface area contributed by atoms with Crippen LogP contribution in [-0.4, -0.2) is 54.8 Å². The molecule has 0 fully saturated rings. The third-order valence-electron chi connectivity index (χ3n) is 3.42. The maximum absolute atomic E-state index is 5.47. The lowest BCUT2D eigenvalue weighted by Crippen LogP contribution is -2.24. The molecular weight excluding hydrogens is 280 g/mol. The third kappa shape index (κ3) is 7.04. The predicted octanol–water partition coefficient (Wildman–Crippen LogP) is 2.56. The smallest absolute Gasteiger partial charge is 0.218 e. The number of anilines is 1. The highest BCUT2D eigenvalue weighted by atomic mass is 16.5. The van der Waals surface area contributed by atoms with Crippen LogP contribution in [0.5, 0.6) is 5.88 Å². The maximum atomic E-state index is 5.47.